The van der Waals surface area contributed by atoms with Gasteiger partial charge in [-0.15, -0.1) is 0 Å². The first-order valence-corrected chi connectivity index (χ1v) is 18.0. The minimum absolute atomic E-state index is 0.123. The molecule has 1 N–H and O–H groups in total. The summed E-state index contributed by atoms with van der Waals surface area (Å²) < 4.78 is 30.6. The lowest BCUT2D eigenvalue weighted by molar-refractivity contribution is -0.143. The second kappa shape index (κ2) is 16.5. The Hall–Kier alpha value is -4.73. The summed E-state index contributed by atoms with van der Waals surface area (Å²) in [5.41, 5.74) is 2.42. The summed E-state index contributed by atoms with van der Waals surface area (Å²) >= 11 is 8.31. The van der Waals surface area contributed by atoms with Crippen LogP contribution in [-0.2, 0) is 25.7 Å². The number of hydrogen-bond acceptors (Lipinski definition) is 11. The molecule has 12 nitrogen and oxygen atoms in total. The molecular weight excluding hydrogens is 812 g/mol. The number of esters is 2. The molecule has 0 aliphatic carbocycles. The third-order valence-electron chi connectivity index (χ3n) is 7.58. The number of nitrogens with zero attached hydrogens (tertiary/aromatic N) is 2. The van der Waals surface area contributed by atoms with Crippen LogP contribution in [0.15, 0.2) is 84.6 Å². The van der Waals surface area contributed by atoms with Crippen LogP contribution in [0.2, 0.25) is 0 Å². The summed E-state index contributed by atoms with van der Waals surface area (Å²) in [4.78, 5) is 55.5. The molecular formula is C36H32Br2N2O10S. The molecule has 0 amide bonds. The van der Waals surface area contributed by atoms with Crippen molar-refractivity contribution in [2.75, 3.05) is 26.9 Å². The number of carbonyl (C=O) groups is 3. The minimum atomic E-state index is -1.00. The highest BCUT2D eigenvalue weighted by atomic mass is 79.9. The van der Waals surface area contributed by atoms with Gasteiger partial charge in [0, 0.05) is 0 Å². The molecule has 0 spiro atoms. The zero-order valence-corrected chi connectivity index (χ0v) is 31.8. The number of halogens is 2. The molecule has 51 heavy (non-hydrogen) atoms. The van der Waals surface area contributed by atoms with Crippen LogP contribution in [0.3, 0.4) is 0 Å². The highest BCUT2D eigenvalue weighted by Gasteiger charge is 2.34. The number of benzene rings is 3. The van der Waals surface area contributed by atoms with E-state index < -0.39 is 23.9 Å². The van der Waals surface area contributed by atoms with Crippen LogP contribution in [0.5, 0.6) is 17.2 Å². The summed E-state index contributed by atoms with van der Waals surface area (Å²) in [5.74, 6) is -1.06. The van der Waals surface area contributed by atoms with Crippen molar-refractivity contribution in [1.29, 1.82) is 0 Å². The number of carbonyl (C=O) groups excluding carboxylic acids is 2. The number of fused-ring (bicyclic) bond motifs is 1. The molecule has 1 aromatic heterocycles. The first kappa shape index (κ1) is 37.5. The van der Waals surface area contributed by atoms with E-state index in [9.17, 15) is 19.2 Å². The first-order valence-electron chi connectivity index (χ1n) is 15.6. The quantitative estimate of drug-likeness (QED) is 0.170. The van der Waals surface area contributed by atoms with Gasteiger partial charge in [0.25, 0.3) is 5.56 Å². The molecule has 5 rings (SSSR count). The number of aromatic nitrogens is 1. The van der Waals surface area contributed by atoms with E-state index in [4.69, 9.17) is 24.1 Å². The molecule has 1 atom stereocenters. The topological polar surface area (TPSA) is 152 Å². The number of ether oxygens (including phenoxy) is 5. The van der Waals surface area contributed by atoms with Gasteiger partial charge in [-0.2, -0.15) is 0 Å². The standard InChI is InChI=1S/C36H32Br2N2O10S/c1-5-47-27-16-23(11-12-26(27)49-18-29(41)46-4)31-30(35(45)48-6-2)19(3)39-36-40(31)33(42)28(51-36)15-21-13-24(37)32(25(38)14-21)50-17-20-7-9-22(10-8-20)34(43)44/h7-16,31H,5-6,17-18H2,1-4H3,(H,43,44)/b28-15-/t31-/m0/s1. The summed E-state index contributed by atoms with van der Waals surface area (Å²) in [6.07, 6.45) is 1.73. The lowest BCUT2D eigenvalue weighted by atomic mass is 9.95. The maximum Gasteiger partial charge on any atom is 0.343 e. The lowest BCUT2D eigenvalue weighted by Crippen LogP contribution is -2.40. The van der Waals surface area contributed by atoms with E-state index in [1.807, 2.05) is 0 Å². The van der Waals surface area contributed by atoms with Gasteiger partial charge in [0.1, 0.15) is 12.4 Å². The largest absolute Gasteiger partial charge is 0.490 e. The van der Waals surface area contributed by atoms with Crippen LogP contribution < -0.4 is 29.1 Å². The Labute approximate surface area is 312 Å². The lowest BCUT2D eigenvalue weighted by Gasteiger charge is -2.25. The smallest absolute Gasteiger partial charge is 0.343 e. The van der Waals surface area contributed by atoms with Crippen molar-refractivity contribution in [2.45, 2.75) is 33.4 Å². The number of carboxylic acid groups (broad SMARTS) is 1. The number of aromatic carboxylic acids is 1. The maximum atomic E-state index is 14.2. The van der Waals surface area contributed by atoms with Crippen molar-refractivity contribution >= 4 is 67.2 Å². The SMILES string of the molecule is CCOC(=O)C1=C(C)N=c2s/c(=C\c3cc(Br)c(OCc4ccc(C(=O)O)cc4)c(Br)c3)c(=O)n2[C@H]1c1ccc(OCC(=O)OC)c(OCC)c1. The Morgan fingerprint density at radius 1 is 0.961 bits per heavy atom. The summed E-state index contributed by atoms with van der Waals surface area (Å²) in [6, 6.07) is 14.1. The van der Waals surface area contributed by atoms with Crippen molar-refractivity contribution in [3.63, 3.8) is 0 Å². The van der Waals surface area contributed by atoms with E-state index in [1.54, 1.807) is 69.3 Å². The van der Waals surface area contributed by atoms with Crippen molar-refractivity contribution in [1.82, 2.24) is 4.57 Å². The Morgan fingerprint density at radius 2 is 1.67 bits per heavy atom. The van der Waals surface area contributed by atoms with Crippen LogP contribution >= 0.6 is 43.2 Å². The highest BCUT2D eigenvalue weighted by Crippen LogP contribution is 2.37. The number of methoxy groups -OCH3 is 1. The van der Waals surface area contributed by atoms with Gasteiger partial charge in [0.15, 0.2) is 22.9 Å². The zero-order chi connectivity index (χ0) is 36.8. The summed E-state index contributed by atoms with van der Waals surface area (Å²) in [7, 11) is 1.26. The first-order chi connectivity index (χ1) is 24.4. The Balaban J connectivity index is 1.54. The Bertz CT molecular complexity index is 2190. The molecule has 1 aliphatic rings. The van der Waals surface area contributed by atoms with E-state index >= 15 is 0 Å². The number of allylic oxidation sites excluding steroid dienone is 1. The second-order valence-electron chi connectivity index (χ2n) is 10.9. The fourth-order valence-corrected chi connectivity index (χ4v) is 7.73. The molecule has 4 aromatic rings. The van der Waals surface area contributed by atoms with Gasteiger partial charge in [-0.25, -0.2) is 19.4 Å². The van der Waals surface area contributed by atoms with E-state index in [1.165, 1.54) is 35.1 Å². The molecule has 0 saturated carbocycles. The van der Waals surface area contributed by atoms with E-state index in [-0.39, 0.29) is 48.9 Å². The number of rotatable bonds is 13. The van der Waals surface area contributed by atoms with Gasteiger partial charge in [0.2, 0.25) is 0 Å². The van der Waals surface area contributed by atoms with Crippen molar-refractivity contribution in [3.05, 3.63) is 117 Å². The molecule has 0 fully saturated rings. The summed E-state index contributed by atoms with van der Waals surface area (Å²) in [6.45, 7) is 5.46. The molecule has 0 bridgehead atoms. The Morgan fingerprint density at radius 3 is 2.29 bits per heavy atom. The molecule has 0 saturated heterocycles. The predicted octanol–water partition coefficient (Wildman–Crippen LogP) is 5.55. The van der Waals surface area contributed by atoms with Crippen molar-refractivity contribution in [3.8, 4) is 17.2 Å². The maximum absolute atomic E-state index is 14.2. The van der Waals surface area contributed by atoms with Gasteiger partial charge >= 0.3 is 17.9 Å². The predicted molar refractivity (Wildman–Crippen MR) is 195 cm³/mol. The van der Waals surface area contributed by atoms with E-state index in [0.717, 1.165) is 5.56 Å². The normalized spacial score (nSPS) is 14.0. The van der Waals surface area contributed by atoms with Gasteiger partial charge in [-0.1, -0.05) is 29.5 Å². The zero-order valence-electron chi connectivity index (χ0n) is 27.9. The molecule has 266 valence electrons. The molecule has 0 unspecified atom stereocenters. The second-order valence-corrected chi connectivity index (χ2v) is 13.6. The van der Waals surface area contributed by atoms with Crippen LogP contribution in [0.4, 0.5) is 0 Å². The number of thiazole rings is 1. The van der Waals surface area contributed by atoms with Gasteiger partial charge in [0.05, 0.1) is 56.7 Å². The van der Waals surface area contributed by atoms with Gasteiger partial charge in [-0.3, -0.25) is 9.36 Å². The average molecular weight is 845 g/mol. The molecule has 1 aliphatic heterocycles. The monoisotopic (exact) mass is 842 g/mol. The van der Waals surface area contributed by atoms with E-state index in [2.05, 4.69) is 41.6 Å². The minimum Gasteiger partial charge on any atom is -0.490 e. The third kappa shape index (κ3) is 8.43. The van der Waals surface area contributed by atoms with Crippen LogP contribution in [-0.4, -0.2) is 54.5 Å². The average Bonchev–Trinajstić information content (AvgIpc) is 3.40. The fourth-order valence-electron chi connectivity index (χ4n) is 5.24. The fraction of sp³-hybridized carbons (Fsp3) is 0.250. The van der Waals surface area contributed by atoms with Crippen LogP contribution in [0.1, 0.15) is 53.9 Å². The summed E-state index contributed by atoms with van der Waals surface area (Å²) in [5, 5.41) is 9.14. The van der Waals surface area contributed by atoms with Crippen molar-refractivity contribution in [2.24, 2.45) is 4.99 Å². The third-order valence-corrected chi connectivity index (χ3v) is 9.74. The molecule has 3 aromatic carbocycles. The highest BCUT2D eigenvalue weighted by molar-refractivity contribution is 9.11. The van der Waals surface area contributed by atoms with Crippen LogP contribution in [0.25, 0.3) is 6.08 Å². The molecule has 15 heteroatoms. The molecule has 0 radical (unpaired) electrons. The number of carboxylic acids is 1. The van der Waals surface area contributed by atoms with Crippen molar-refractivity contribution < 1.29 is 43.2 Å². The Kier molecular flexibility index (Phi) is 12.2. The molecule has 2 heterocycles. The van der Waals surface area contributed by atoms with Crippen LogP contribution in [0, 0.1) is 0 Å². The number of hydrogen-bond donors (Lipinski definition) is 1. The van der Waals surface area contributed by atoms with Gasteiger partial charge in [-0.05, 0) is 112 Å². The van der Waals surface area contributed by atoms with Gasteiger partial charge < -0.3 is 28.8 Å². The van der Waals surface area contributed by atoms with E-state index in [0.29, 0.717) is 46.6 Å².